The molecule has 23 heavy (non-hydrogen) atoms. The summed E-state index contributed by atoms with van der Waals surface area (Å²) in [4.78, 5) is 14.8. The van der Waals surface area contributed by atoms with Crippen LogP contribution in [0.4, 0.5) is 0 Å². The molecule has 4 rings (SSSR count). The Balaban J connectivity index is 1.51. The molecule has 0 bridgehead atoms. The molecule has 120 valence electrons. The number of hydrogen-bond acceptors (Lipinski definition) is 5. The third-order valence-corrected chi connectivity index (χ3v) is 4.57. The van der Waals surface area contributed by atoms with Crippen molar-refractivity contribution in [2.75, 3.05) is 19.8 Å². The molecule has 3 atom stereocenters. The van der Waals surface area contributed by atoms with Crippen molar-refractivity contribution in [3.05, 3.63) is 47.7 Å². The van der Waals surface area contributed by atoms with E-state index in [0.717, 1.165) is 6.42 Å². The summed E-state index contributed by atoms with van der Waals surface area (Å²) >= 11 is 0. The maximum Gasteiger partial charge on any atom is 0.241 e. The van der Waals surface area contributed by atoms with E-state index in [2.05, 4.69) is 22.3 Å². The maximum atomic E-state index is 12.9. The first kappa shape index (κ1) is 14.4. The molecule has 0 N–H and O–H groups in total. The fourth-order valence-electron chi connectivity index (χ4n) is 3.27. The fraction of sp³-hybridized carbons (Fsp3) is 0.471. The van der Waals surface area contributed by atoms with Crippen molar-refractivity contribution in [1.82, 2.24) is 15.1 Å². The third kappa shape index (κ3) is 2.74. The van der Waals surface area contributed by atoms with Gasteiger partial charge in [0.25, 0.3) is 0 Å². The van der Waals surface area contributed by atoms with Crippen LogP contribution in [0.2, 0.25) is 0 Å². The van der Waals surface area contributed by atoms with Crippen molar-refractivity contribution in [3.63, 3.8) is 0 Å². The second-order valence-electron chi connectivity index (χ2n) is 6.14. The molecule has 2 heterocycles. The smallest absolute Gasteiger partial charge is 0.241 e. The number of nitrogens with zero attached hydrogens (tertiary/aromatic N) is 3. The van der Waals surface area contributed by atoms with Crippen LogP contribution in [0.15, 0.2) is 34.7 Å². The second kappa shape index (κ2) is 5.77. The number of amides is 1. The number of rotatable bonds is 3. The Morgan fingerprint density at radius 1 is 1.26 bits per heavy atom. The average molecular weight is 313 g/mol. The van der Waals surface area contributed by atoms with Gasteiger partial charge in [0.1, 0.15) is 6.04 Å². The summed E-state index contributed by atoms with van der Waals surface area (Å²) in [5, 5.41) is 7.94. The first-order valence-electron chi connectivity index (χ1n) is 7.97. The topological polar surface area (TPSA) is 68.5 Å². The summed E-state index contributed by atoms with van der Waals surface area (Å²) in [5.74, 6) is 1.53. The minimum atomic E-state index is -0.269. The Morgan fingerprint density at radius 2 is 2.09 bits per heavy atom. The Kier molecular flexibility index (Phi) is 3.61. The summed E-state index contributed by atoms with van der Waals surface area (Å²) in [6.07, 6.45) is 0.912. The quantitative estimate of drug-likeness (QED) is 0.868. The van der Waals surface area contributed by atoms with Crippen molar-refractivity contribution in [3.8, 4) is 0 Å². The van der Waals surface area contributed by atoms with Crippen LogP contribution in [0, 0.1) is 12.8 Å². The summed E-state index contributed by atoms with van der Waals surface area (Å²) in [6, 6.07) is 9.96. The van der Waals surface area contributed by atoms with E-state index in [-0.39, 0.29) is 17.9 Å². The van der Waals surface area contributed by atoms with Crippen molar-refractivity contribution in [2.24, 2.45) is 5.92 Å². The van der Waals surface area contributed by atoms with Crippen LogP contribution in [-0.4, -0.2) is 40.8 Å². The number of ether oxygens (including phenoxy) is 1. The first-order valence-corrected chi connectivity index (χ1v) is 7.97. The molecule has 6 nitrogen and oxygen atoms in total. The van der Waals surface area contributed by atoms with E-state index in [0.29, 0.717) is 37.5 Å². The van der Waals surface area contributed by atoms with Crippen LogP contribution in [0.1, 0.15) is 35.7 Å². The zero-order chi connectivity index (χ0) is 15.8. The average Bonchev–Trinajstić information content (AvgIpc) is 3.29. The van der Waals surface area contributed by atoms with Gasteiger partial charge >= 0.3 is 0 Å². The van der Waals surface area contributed by atoms with E-state index in [1.54, 1.807) is 6.92 Å². The minimum absolute atomic E-state index is 0.0574. The number of carbonyl (C=O) groups excluding carboxylic acids is 1. The molecular formula is C17H19N3O3. The van der Waals surface area contributed by atoms with Gasteiger partial charge in [-0.25, -0.2) is 0 Å². The molecule has 1 saturated carbocycles. The van der Waals surface area contributed by atoms with Gasteiger partial charge in [-0.15, -0.1) is 10.2 Å². The minimum Gasteiger partial charge on any atom is -0.423 e. The van der Waals surface area contributed by atoms with E-state index in [4.69, 9.17) is 9.15 Å². The van der Waals surface area contributed by atoms with E-state index < -0.39 is 0 Å². The molecule has 0 radical (unpaired) electrons. The second-order valence-corrected chi connectivity index (χ2v) is 6.14. The van der Waals surface area contributed by atoms with Gasteiger partial charge in [0, 0.05) is 19.4 Å². The first-order chi connectivity index (χ1) is 11.2. The van der Waals surface area contributed by atoms with Crippen LogP contribution in [0.5, 0.6) is 0 Å². The predicted octanol–water partition coefficient (Wildman–Crippen LogP) is 2.08. The number of hydrogen-bond donors (Lipinski definition) is 0. The number of benzene rings is 1. The van der Waals surface area contributed by atoms with E-state index in [9.17, 15) is 4.79 Å². The summed E-state index contributed by atoms with van der Waals surface area (Å²) in [7, 11) is 0. The standard InChI is InChI=1S/C17H19N3O3/c1-11-18-19-16(23-11)15-10-22-8-7-20(15)17(21)14-9-13(14)12-5-3-2-4-6-12/h2-6,13-15H,7-10H2,1H3/t13-,14-,15-/m0/s1. The fourth-order valence-corrected chi connectivity index (χ4v) is 3.27. The van der Waals surface area contributed by atoms with Gasteiger partial charge in [-0.2, -0.15) is 0 Å². The van der Waals surface area contributed by atoms with Crippen LogP contribution in [-0.2, 0) is 9.53 Å². The molecule has 1 amide bonds. The maximum absolute atomic E-state index is 12.9. The molecule has 1 saturated heterocycles. The summed E-state index contributed by atoms with van der Waals surface area (Å²) < 4.78 is 11.0. The number of morpholine rings is 1. The van der Waals surface area contributed by atoms with Crippen LogP contribution >= 0.6 is 0 Å². The van der Waals surface area contributed by atoms with Gasteiger partial charge in [-0.3, -0.25) is 4.79 Å². The molecule has 1 aromatic carbocycles. The normalized spacial score (nSPS) is 27.0. The van der Waals surface area contributed by atoms with Gasteiger partial charge in [0.2, 0.25) is 17.7 Å². The van der Waals surface area contributed by atoms with E-state index in [1.807, 2.05) is 23.1 Å². The molecule has 2 fully saturated rings. The molecule has 0 spiro atoms. The molecule has 2 aliphatic rings. The van der Waals surface area contributed by atoms with Gasteiger partial charge in [-0.1, -0.05) is 30.3 Å². The zero-order valence-corrected chi connectivity index (χ0v) is 13.0. The number of aromatic nitrogens is 2. The Hall–Kier alpha value is -2.21. The van der Waals surface area contributed by atoms with Crippen molar-refractivity contribution in [1.29, 1.82) is 0 Å². The summed E-state index contributed by atoms with van der Waals surface area (Å²) in [5.41, 5.74) is 1.24. The molecule has 1 aliphatic carbocycles. The molecule has 1 aromatic heterocycles. The highest BCUT2D eigenvalue weighted by Crippen LogP contribution is 2.49. The number of aryl methyl sites for hydroxylation is 1. The van der Waals surface area contributed by atoms with Crippen LogP contribution < -0.4 is 0 Å². The molecule has 1 aliphatic heterocycles. The lowest BCUT2D eigenvalue weighted by molar-refractivity contribution is -0.142. The highest BCUT2D eigenvalue weighted by Gasteiger charge is 2.48. The van der Waals surface area contributed by atoms with Crippen molar-refractivity contribution >= 4 is 5.91 Å². The largest absolute Gasteiger partial charge is 0.423 e. The van der Waals surface area contributed by atoms with Gasteiger partial charge in [0.05, 0.1) is 13.2 Å². The third-order valence-electron chi connectivity index (χ3n) is 4.57. The van der Waals surface area contributed by atoms with Crippen molar-refractivity contribution < 1.29 is 13.9 Å². The van der Waals surface area contributed by atoms with Gasteiger partial charge in [-0.05, 0) is 17.9 Å². The number of carbonyl (C=O) groups is 1. The molecule has 6 heteroatoms. The molecule has 2 aromatic rings. The van der Waals surface area contributed by atoms with Crippen LogP contribution in [0.3, 0.4) is 0 Å². The van der Waals surface area contributed by atoms with E-state index >= 15 is 0 Å². The van der Waals surface area contributed by atoms with E-state index in [1.165, 1.54) is 5.56 Å². The lowest BCUT2D eigenvalue weighted by Crippen LogP contribution is -2.44. The Bertz CT molecular complexity index is 700. The monoisotopic (exact) mass is 313 g/mol. The zero-order valence-electron chi connectivity index (χ0n) is 13.0. The predicted molar refractivity (Wildman–Crippen MR) is 81.6 cm³/mol. The highest BCUT2D eigenvalue weighted by atomic mass is 16.5. The van der Waals surface area contributed by atoms with Gasteiger partial charge < -0.3 is 14.1 Å². The lowest BCUT2D eigenvalue weighted by Gasteiger charge is -2.33. The summed E-state index contributed by atoms with van der Waals surface area (Å²) in [6.45, 7) is 3.29. The Labute approximate surface area is 134 Å². The highest BCUT2D eigenvalue weighted by molar-refractivity contribution is 5.83. The SMILES string of the molecule is Cc1nnc([C@@H]2COCCN2C(=O)[C@H]2C[C@H]2c2ccccc2)o1. The van der Waals surface area contributed by atoms with Gasteiger partial charge in [0.15, 0.2) is 0 Å². The molecular weight excluding hydrogens is 294 g/mol. The van der Waals surface area contributed by atoms with Crippen LogP contribution in [0.25, 0.3) is 0 Å². The Morgan fingerprint density at radius 3 is 2.83 bits per heavy atom. The molecule has 0 unspecified atom stereocenters. The van der Waals surface area contributed by atoms with Crippen molar-refractivity contribution in [2.45, 2.75) is 25.3 Å². The lowest BCUT2D eigenvalue weighted by atomic mass is 10.1.